The van der Waals surface area contributed by atoms with E-state index in [1.54, 1.807) is 47.4 Å². The standard InChI is InChI=1S/C34H31FN2O4/c1-3-23(2)37(34(40)29-13-8-10-25-9-4-5-11-28(25)29)21-32(38)36(19-24-15-17-27(35)18-16-24)20-26-22-41-31-14-7-6-12-30(31)33(26)39/h4-18,22-23H,3,19-21H2,1-2H3. The van der Waals surface area contributed by atoms with Gasteiger partial charge in [-0.15, -0.1) is 0 Å². The zero-order chi connectivity index (χ0) is 28.9. The first-order valence-electron chi connectivity index (χ1n) is 13.7. The van der Waals surface area contributed by atoms with E-state index in [9.17, 15) is 18.8 Å². The third kappa shape index (κ3) is 6.04. The molecule has 4 aromatic carbocycles. The molecule has 0 fully saturated rings. The summed E-state index contributed by atoms with van der Waals surface area (Å²) in [6.45, 7) is 3.80. The summed E-state index contributed by atoms with van der Waals surface area (Å²) in [5.74, 6) is -0.961. The molecule has 0 spiro atoms. The summed E-state index contributed by atoms with van der Waals surface area (Å²) in [6.07, 6.45) is 2.03. The first kappa shape index (κ1) is 27.8. The average molecular weight is 551 g/mol. The second-order valence-electron chi connectivity index (χ2n) is 10.2. The highest BCUT2D eigenvalue weighted by Gasteiger charge is 2.27. The maximum atomic E-state index is 13.9. The molecular formula is C34H31FN2O4. The highest BCUT2D eigenvalue weighted by atomic mass is 19.1. The predicted molar refractivity (Wildman–Crippen MR) is 158 cm³/mol. The fourth-order valence-corrected chi connectivity index (χ4v) is 4.94. The van der Waals surface area contributed by atoms with Gasteiger partial charge in [-0.05, 0) is 60.0 Å². The number of hydrogen-bond donors (Lipinski definition) is 0. The molecule has 7 heteroatoms. The molecule has 0 aliphatic rings. The SMILES string of the molecule is CCC(C)N(CC(=O)N(Cc1ccc(F)cc1)Cc1coc2ccccc2c1=O)C(=O)c1cccc2ccccc12. The Morgan fingerprint density at radius 3 is 2.29 bits per heavy atom. The topological polar surface area (TPSA) is 70.8 Å². The summed E-state index contributed by atoms with van der Waals surface area (Å²) in [5, 5.41) is 2.18. The van der Waals surface area contributed by atoms with E-state index >= 15 is 0 Å². The number of amides is 2. The third-order valence-corrected chi connectivity index (χ3v) is 7.46. The lowest BCUT2D eigenvalue weighted by Gasteiger charge is -2.31. The van der Waals surface area contributed by atoms with E-state index in [0.29, 0.717) is 34.1 Å². The number of carbonyl (C=O) groups is 2. The number of carbonyl (C=O) groups excluding carboxylic acids is 2. The quantitative estimate of drug-likeness (QED) is 0.209. The van der Waals surface area contributed by atoms with Gasteiger partial charge in [0.25, 0.3) is 5.91 Å². The maximum Gasteiger partial charge on any atom is 0.255 e. The Hall–Kier alpha value is -4.78. The zero-order valence-electron chi connectivity index (χ0n) is 23.0. The number of halogens is 1. The fourth-order valence-electron chi connectivity index (χ4n) is 4.94. The zero-order valence-corrected chi connectivity index (χ0v) is 23.0. The molecule has 0 N–H and O–H groups in total. The van der Waals surface area contributed by atoms with E-state index in [2.05, 4.69) is 0 Å². The molecule has 6 nitrogen and oxygen atoms in total. The van der Waals surface area contributed by atoms with Crippen molar-refractivity contribution in [3.05, 3.63) is 130 Å². The van der Waals surface area contributed by atoms with Crippen LogP contribution in [0.3, 0.4) is 0 Å². The Kier molecular flexibility index (Phi) is 8.24. The Labute approximate surface area is 237 Å². The molecule has 208 valence electrons. The van der Waals surface area contributed by atoms with Gasteiger partial charge < -0.3 is 14.2 Å². The lowest BCUT2D eigenvalue weighted by atomic mass is 10.0. The van der Waals surface area contributed by atoms with Crippen LogP contribution in [-0.4, -0.2) is 34.2 Å². The maximum absolute atomic E-state index is 13.9. The summed E-state index contributed by atoms with van der Waals surface area (Å²) >= 11 is 0. The lowest BCUT2D eigenvalue weighted by Crippen LogP contribution is -2.46. The third-order valence-electron chi connectivity index (χ3n) is 7.46. The van der Waals surface area contributed by atoms with Crippen LogP contribution in [0.25, 0.3) is 21.7 Å². The van der Waals surface area contributed by atoms with Gasteiger partial charge >= 0.3 is 0 Å². The summed E-state index contributed by atoms with van der Waals surface area (Å²) in [4.78, 5) is 44.2. The molecule has 1 heterocycles. The van der Waals surface area contributed by atoms with Gasteiger partial charge in [-0.3, -0.25) is 14.4 Å². The van der Waals surface area contributed by atoms with Crippen molar-refractivity contribution in [2.75, 3.05) is 6.54 Å². The van der Waals surface area contributed by atoms with Crippen molar-refractivity contribution in [3.8, 4) is 0 Å². The van der Waals surface area contributed by atoms with Crippen LogP contribution in [0.15, 0.2) is 106 Å². The Bertz CT molecular complexity index is 1760. The Balaban J connectivity index is 1.48. The molecule has 0 saturated carbocycles. The minimum absolute atomic E-state index is 0.0276. The number of para-hydroxylation sites is 1. The van der Waals surface area contributed by atoms with E-state index in [1.165, 1.54) is 23.3 Å². The Morgan fingerprint density at radius 1 is 0.854 bits per heavy atom. The van der Waals surface area contributed by atoms with Gasteiger partial charge in [0.1, 0.15) is 17.9 Å². The average Bonchev–Trinajstić information content (AvgIpc) is 3.00. The van der Waals surface area contributed by atoms with Gasteiger partial charge in [0, 0.05) is 18.2 Å². The number of benzene rings is 4. The second kappa shape index (κ2) is 12.2. The molecule has 0 bridgehead atoms. The minimum atomic E-state index is -0.384. The molecule has 1 aromatic heterocycles. The van der Waals surface area contributed by atoms with Crippen LogP contribution < -0.4 is 5.43 Å². The van der Waals surface area contributed by atoms with Gasteiger partial charge in [-0.25, -0.2) is 4.39 Å². The molecule has 0 aliphatic carbocycles. The Morgan fingerprint density at radius 2 is 1.54 bits per heavy atom. The van der Waals surface area contributed by atoms with Gasteiger partial charge in [-0.1, -0.05) is 67.6 Å². The van der Waals surface area contributed by atoms with Crippen molar-refractivity contribution in [1.82, 2.24) is 9.80 Å². The first-order chi connectivity index (χ1) is 19.9. The molecule has 5 aromatic rings. The molecular weight excluding hydrogens is 519 g/mol. The molecule has 5 rings (SSSR count). The van der Waals surface area contributed by atoms with Gasteiger partial charge in [0.05, 0.1) is 23.8 Å². The summed E-state index contributed by atoms with van der Waals surface area (Å²) < 4.78 is 19.3. The van der Waals surface area contributed by atoms with Gasteiger partial charge in [-0.2, -0.15) is 0 Å². The van der Waals surface area contributed by atoms with E-state index < -0.39 is 0 Å². The van der Waals surface area contributed by atoms with Crippen LogP contribution in [-0.2, 0) is 17.9 Å². The van der Waals surface area contributed by atoms with Crippen LogP contribution in [0.5, 0.6) is 0 Å². The summed E-state index contributed by atoms with van der Waals surface area (Å²) in [6, 6.07) is 25.8. The van der Waals surface area contributed by atoms with Crippen molar-refractivity contribution in [3.63, 3.8) is 0 Å². The van der Waals surface area contributed by atoms with Crippen LogP contribution in [0.1, 0.15) is 41.8 Å². The normalized spacial score (nSPS) is 11.9. The van der Waals surface area contributed by atoms with Crippen molar-refractivity contribution < 1.29 is 18.4 Å². The second-order valence-corrected chi connectivity index (χ2v) is 10.2. The van der Waals surface area contributed by atoms with Gasteiger partial charge in [0.15, 0.2) is 5.43 Å². The molecule has 0 aliphatic heterocycles. The molecule has 41 heavy (non-hydrogen) atoms. The van der Waals surface area contributed by atoms with E-state index in [4.69, 9.17) is 4.42 Å². The van der Waals surface area contributed by atoms with Crippen molar-refractivity contribution >= 4 is 33.6 Å². The number of fused-ring (bicyclic) bond motifs is 2. The van der Waals surface area contributed by atoms with Gasteiger partial charge in [0.2, 0.25) is 5.91 Å². The number of hydrogen-bond acceptors (Lipinski definition) is 4. The van der Waals surface area contributed by atoms with Crippen molar-refractivity contribution in [2.45, 2.75) is 39.4 Å². The molecule has 1 atom stereocenters. The molecule has 0 saturated heterocycles. The number of nitrogens with zero attached hydrogens (tertiary/aromatic N) is 2. The van der Waals surface area contributed by atoms with Crippen LogP contribution >= 0.6 is 0 Å². The first-order valence-corrected chi connectivity index (χ1v) is 13.7. The fraction of sp³-hybridized carbons (Fsp3) is 0.206. The van der Waals surface area contributed by atoms with Crippen molar-refractivity contribution in [1.29, 1.82) is 0 Å². The molecule has 2 amide bonds. The smallest absolute Gasteiger partial charge is 0.255 e. The highest BCUT2D eigenvalue weighted by molar-refractivity contribution is 6.07. The minimum Gasteiger partial charge on any atom is -0.464 e. The van der Waals surface area contributed by atoms with Crippen LogP contribution in [0.2, 0.25) is 0 Å². The summed E-state index contributed by atoms with van der Waals surface area (Å²) in [5.41, 5.74) is 1.77. The highest BCUT2D eigenvalue weighted by Crippen LogP contribution is 2.22. The van der Waals surface area contributed by atoms with Crippen molar-refractivity contribution in [2.24, 2.45) is 0 Å². The van der Waals surface area contributed by atoms with Crippen LogP contribution in [0, 0.1) is 5.82 Å². The summed E-state index contributed by atoms with van der Waals surface area (Å²) in [7, 11) is 0. The van der Waals surface area contributed by atoms with E-state index in [-0.39, 0.29) is 48.7 Å². The number of rotatable bonds is 9. The predicted octanol–water partition coefficient (Wildman–Crippen LogP) is 6.56. The lowest BCUT2D eigenvalue weighted by molar-refractivity contribution is -0.133. The van der Waals surface area contributed by atoms with E-state index in [0.717, 1.165) is 10.8 Å². The van der Waals surface area contributed by atoms with Crippen LogP contribution in [0.4, 0.5) is 4.39 Å². The van der Waals surface area contributed by atoms with E-state index in [1.807, 2.05) is 50.2 Å². The largest absolute Gasteiger partial charge is 0.464 e. The molecule has 1 unspecified atom stereocenters. The molecule has 0 radical (unpaired) electrons. The monoisotopic (exact) mass is 550 g/mol.